The second-order valence-electron chi connectivity index (χ2n) is 4.47. The van der Waals surface area contributed by atoms with E-state index in [-0.39, 0.29) is 0 Å². The number of nitrogens with zero attached hydrogens (tertiary/aromatic N) is 1. The van der Waals surface area contributed by atoms with Crippen LogP contribution in [0.4, 0.5) is 0 Å². The molecule has 0 spiro atoms. The first kappa shape index (κ1) is 12.3. The maximum absolute atomic E-state index is 5.63. The third-order valence-corrected chi connectivity index (χ3v) is 4.22. The van der Waals surface area contributed by atoms with Gasteiger partial charge in [0.15, 0.2) is 0 Å². The number of hydrogen-bond donors (Lipinski definition) is 1. The lowest BCUT2D eigenvalue weighted by Crippen LogP contribution is -1.97. The Morgan fingerprint density at radius 1 is 1.12 bits per heavy atom. The SMILES string of the molecule is Cc1cc(C)c(C)c(-c2csc(CN)n2)c1C. The van der Waals surface area contributed by atoms with E-state index in [0.29, 0.717) is 6.54 Å². The van der Waals surface area contributed by atoms with E-state index in [1.165, 1.54) is 27.8 Å². The molecular weight excluding hydrogens is 228 g/mol. The van der Waals surface area contributed by atoms with Crippen LogP contribution in [0.2, 0.25) is 0 Å². The molecule has 0 aliphatic carbocycles. The van der Waals surface area contributed by atoms with Gasteiger partial charge in [-0.1, -0.05) is 6.07 Å². The zero-order chi connectivity index (χ0) is 12.6. The van der Waals surface area contributed by atoms with E-state index in [0.717, 1.165) is 10.7 Å². The molecule has 2 N–H and O–H groups in total. The molecule has 2 aromatic rings. The molecular formula is C14H18N2S. The molecule has 1 aromatic carbocycles. The first-order valence-electron chi connectivity index (χ1n) is 5.76. The van der Waals surface area contributed by atoms with Crippen molar-refractivity contribution in [3.8, 4) is 11.3 Å². The smallest absolute Gasteiger partial charge is 0.107 e. The summed E-state index contributed by atoms with van der Waals surface area (Å²) >= 11 is 1.64. The molecule has 3 heteroatoms. The van der Waals surface area contributed by atoms with Gasteiger partial charge in [0.25, 0.3) is 0 Å². The van der Waals surface area contributed by atoms with Crippen LogP contribution < -0.4 is 5.73 Å². The number of benzene rings is 1. The standard InChI is InChI=1S/C14H18N2S/c1-8-5-9(2)11(4)14(10(8)3)12-7-17-13(6-15)16-12/h5,7H,6,15H2,1-4H3. The normalized spacial score (nSPS) is 10.9. The van der Waals surface area contributed by atoms with Gasteiger partial charge in [0.1, 0.15) is 5.01 Å². The minimum absolute atomic E-state index is 0.521. The van der Waals surface area contributed by atoms with Crippen molar-refractivity contribution in [3.63, 3.8) is 0 Å². The molecule has 0 bridgehead atoms. The summed E-state index contributed by atoms with van der Waals surface area (Å²) in [5.41, 5.74) is 13.3. The molecule has 0 amide bonds. The lowest BCUT2D eigenvalue weighted by Gasteiger charge is -2.13. The van der Waals surface area contributed by atoms with Crippen LogP contribution in [0.3, 0.4) is 0 Å². The quantitative estimate of drug-likeness (QED) is 0.880. The summed E-state index contributed by atoms with van der Waals surface area (Å²) in [5, 5.41) is 3.11. The second-order valence-corrected chi connectivity index (χ2v) is 5.41. The highest BCUT2D eigenvalue weighted by Crippen LogP contribution is 2.32. The van der Waals surface area contributed by atoms with Gasteiger partial charge in [0.2, 0.25) is 0 Å². The molecule has 0 saturated carbocycles. The van der Waals surface area contributed by atoms with Crippen LogP contribution in [-0.2, 0) is 6.54 Å². The van der Waals surface area contributed by atoms with E-state index in [1.54, 1.807) is 11.3 Å². The van der Waals surface area contributed by atoms with Gasteiger partial charge < -0.3 is 5.73 Å². The molecule has 90 valence electrons. The largest absolute Gasteiger partial charge is 0.325 e. The van der Waals surface area contributed by atoms with Crippen LogP contribution in [0.5, 0.6) is 0 Å². The monoisotopic (exact) mass is 246 g/mol. The summed E-state index contributed by atoms with van der Waals surface area (Å²) in [7, 11) is 0. The number of nitrogens with two attached hydrogens (primary N) is 1. The Kier molecular flexibility index (Phi) is 3.31. The van der Waals surface area contributed by atoms with Crippen molar-refractivity contribution < 1.29 is 0 Å². The van der Waals surface area contributed by atoms with Gasteiger partial charge in [-0.05, 0) is 49.9 Å². The summed E-state index contributed by atoms with van der Waals surface area (Å²) in [4.78, 5) is 4.60. The molecule has 0 fully saturated rings. The molecule has 1 heterocycles. The topological polar surface area (TPSA) is 38.9 Å². The predicted molar refractivity (Wildman–Crippen MR) is 74.4 cm³/mol. The van der Waals surface area contributed by atoms with Crippen LogP contribution in [-0.4, -0.2) is 4.98 Å². The van der Waals surface area contributed by atoms with Crippen molar-refractivity contribution in [1.82, 2.24) is 4.98 Å². The number of aryl methyl sites for hydroxylation is 2. The number of aromatic nitrogens is 1. The Morgan fingerprint density at radius 3 is 2.18 bits per heavy atom. The van der Waals surface area contributed by atoms with E-state index < -0.39 is 0 Å². The lowest BCUT2D eigenvalue weighted by atomic mass is 9.93. The average Bonchev–Trinajstić information content (AvgIpc) is 2.75. The molecule has 1 aromatic heterocycles. The Balaban J connectivity index is 2.65. The predicted octanol–water partition coefficient (Wildman–Crippen LogP) is 3.50. The van der Waals surface area contributed by atoms with Gasteiger partial charge >= 0.3 is 0 Å². The molecule has 2 nitrogen and oxygen atoms in total. The van der Waals surface area contributed by atoms with Gasteiger partial charge in [-0.2, -0.15) is 0 Å². The van der Waals surface area contributed by atoms with Crippen molar-refractivity contribution in [2.24, 2.45) is 5.73 Å². The first-order chi connectivity index (χ1) is 8.04. The highest BCUT2D eigenvalue weighted by Gasteiger charge is 2.13. The number of hydrogen-bond acceptors (Lipinski definition) is 3. The number of thiazole rings is 1. The van der Waals surface area contributed by atoms with Gasteiger partial charge in [0, 0.05) is 17.5 Å². The summed E-state index contributed by atoms with van der Waals surface area (Å²) in [6, 6.07) is 2.24. The molecule has 17 heavy (non-hydrogen) atoms. The van der Waals surface area contributed by atoms with Crippen molar-refractivity contribution in [1.29, 1.82) is 0 Å². The third-order valence-electron chi connectivity index (χ3n) is 3.35. The summed E-state index contributed by atoms with van der Waals surface area (Å²) in [5.74, 6) is 0. The van der Waals surface area contributed by atoms with Gasteiger partial charge in [-0.3, -0.25) is 0 Å². The van der Waals surface area contributed by atoms with Crippen LogP contribution in [0.1, 0.15) is 27.3 Å². The van der Waals surface area contributed by atoms with E-state index in [1.807, 2.05) is 0 Å². The highest BCUT2D eigenvalue weighted by molar-refractivity contribution is 7.09. The molecule has 0 unspecified atom stereocenters. The average molecular weight is 246 g/mol. The summed E-state index contributed by atoms with van der Waals surface area (Å²) < 4.78 is 0. The van der Waals surface area contributed by atoms with Crippen LogP contribution in [0.25, 0.3) is 11.3 Å². The second kappa shape index (κ2) is 4.59. The minimum atomic E-state index is 0.521. The molecule has 0 atom stereocenters. The zero-order valence-corrected chi connectivity index (χ0v) is 11.6. The van der Waals surface area contributed by atoms with Gasteiger partial charge in [-0.15, -0.1) is 11.3 Å². The summed E-state index contributed by atoms with van der Waals surface area (Å²) in [6.45, 7) is 9.16. The Bertz CT molecular complexity index is 529. The van der Waals surface area contributed by atoms with Crippen LogP contribution in [0.15, 0.2) is 11.4 Å². The molecule has 2 rings (SSSR count). The van der Waals surface area contributed by atoms with Crippen molar-refractivity contribution in [2.75, 3.05) is 0 Å². The van der Waals surface area contributed by atoms with Crippen molar-refractivity contribution in [3.05, 3.63) is 38.7 Å². The summed E-state index contributed by atoms with van der Waals surface area (Å²) in [6.07, 6.45) is 0. The number of rotatable bonds is 2. The van der Waals surface area contributed by atoms with Gasteiger partial charge in [0.05, 0.1) is 5.69 Å². The van der Waals surface area contributed by atoms with Crippen LogP contribution in [0, 0.1) is 27.7 Å². The van der Waals surface area contributed by atoms with E-state index in [4.69, 9.17) is 5.73 Å². The van der Waals surface area contributed by atoms with E-state index >= 15 is 0 Å². The Hall–Kier alpha value is -1.19. The van der Waals surface area contributed by atoms with Gasteiger partial charge in [-0.25, -0.2) is 4.98 Å². The Labute approximate surface area is 107 Å². The highest BCUT2D eigenvalue weighted by atomic mass is 32.1. The lowest BCUT2D eigenvalue weighted by molar-refractivity contribution is 1.04. The fraction of sp³-hybridized carbons (Fsp3) is 0.357. The maximum atomic E-state index is 5.63. The third kappa shape index (κ3) is 2.13. The Morgan fingerprint density at radius 2 is 1.71 bits per heavy atom. The molecule has 0 radical (unpaired) electrons. The maximum Gasteiger partial charge on any atom is 0.107 e. The fourth-order valence-corrected chi connectivity index (χ4v) is 2.79. The van der Waals surface area contributed by atoms with Crippen molar-refractivity contribution in [2.45, 2.75) is 34.2 Å². The molecule has 0 aliphatic heterocycles. The fourth-order valence-electron chi connectivity index (χ4n) is 2.12. The first-order valence-corrected chi connectivity index (χ1v) is 6.64. The molecule has 0 aliphatic rings. The zero-order valence-electron chi connectivity index (χ0n) is 10.8. The van der Waals surface area contributed by atoms with Crippen molar-refractivity contribution >= 4 is 11.3 Å². The van der Waals surface area contributed by atoms with E-state index in [2.05, 4.69) is 44.1 Å². The molecule has 0 saturated heterocycles. The van der Waals surface area contributed by atoms with Crippen LogP contribution >= 0.6 is 11.3 Å². The van der Waals surface area contributed by atoms with E-state index in [9.17, 15) is 0 Å². The minimum Gasteiger partial charge on any atom is -0.325 e.